The summed E-state index contributed by atoms with van der Waals surface area (Å²) in [5.74, 6) is -0.228. The lowest BCUT2D eigenvalue weighted by molar-refractivity contribution is 0.597. The number of aromatic nitrogens is 2. The molecule has 2 rings (SSSR count). The Labute approximate surface area is 107 Å². The maximum atomic E-state index is 13.8. The Morgan fingerprint density at radius 2 is 2.24 bits per heavy atom. The summed E-state index contributed by atoms with van der Waals surface area (Å²) in [6.45, 7) is 2.38. The molecule has 0 atom stereocenters. The minimum absolute atomic E-state index is 0.228. The van der Waals surface area contributed by atoms with Crippen molar-refractivity contribution < 1.29 is 4.39 Å². The summed E-state index contributed by atoms with van der Waals surface area (Å²) < 4.78 is 14.5. The molecule has 0 spiro atoms. The van der Waals surface area contributed by atoms with Crippen LogP contribution >= 0.6 is 23.1 Å². The van der Waals surface area contributed by atoms with Crippen LogP contribution in [0.5, 0.6) is 0 Å². The van der Waals surface area contributed by atoms with Gasteiger partial charge in [0.15, 0.2) is 4.34 Å². The molecule has 0 aliphatic rings. The maximum absolute atomic E-state index is 13.8. The van der Waals surface area contributed by atoms with Crippen molar-refractivity contribution in [2.24, 2.45) is 5.73 Å². The van der Waals surface area contributed by atoms with Crippen molar-refractivity contribution >= 4 is 23.1 Å². The van der Waals surface area contributed by atoms with Gasteiger partial charge < -0.3 is 5.73 Å². The average molecular weight is 269 g/mol. The van der Waals surface area contributed by atoms with Gasteiger partial charge in [-0.25, -0.2) is 4.39 Å². The Kier molecular flexibility index (Phi) is 4.09. The minimum atomic E-state index is -0.228. The molecule has 6 heteroatoms. The Balaban J connectivity index is 2.30. The molecule has 2 N–H and O–H groups in total. The molecule has 1 aromatic heterocycles. The quantitative estimate of drug-likeness (QED) is 0.927. The van der Waals surface area contributed by atoms with Crippen molar-refractivity contribution in [2.75, 3.05) is 6.54 Å². The SMILES string of the molecule is Cc1nnc(Sc2c(F)cccc2CCN)s1. The molecule has 1 aromatic carbocycles. The zero-order valence-electron chi connectivity index (χ0n) is 9.31. The molecule has 0 saturated carbocycles. The molecular weight excluding hydrogens is 257 g/mol. The molecule has 0 aliphatic carbocycles. The summed E-state index contributed by atoms with van der Waals surface area (Å²) in [5, 5.41) is 8.78. The standard InChI is InChI=1S/C11H12FN3S2/c1-7-14-15-11(16-7)17-10-8(5-6-13)3-2-4-9(10)12/h2-4H,5-6,13H2,1H3. The second-order valence-electron chi connectivity index (χ2n) is 3.46. The second kappa shape index (κ2) is 5.57. The van der Waals surface area contributed by atoms with Gasteiger partial charge in [0.25, 0.3) is 0 Å². The highest BCUT2D eigenvalue weighted by molar-refractivity contribution is 8.01. The summed E-state index contributed by atoms with van der Waals surface area (Å²) in [7, 11) is 0. The number of nitrogens with two attached hydrogens (primary N) is 1. The van der Waals surface area contributed by atoms with Crippen LogP contribution in [0.25, 0.3) is 0 Å². The van der Waals surface area contributed by atoms with Gasteiger partial charge in [-0.2, -0.15) is 0 Å². The third kappa shape index (κ3) is 3.02. The summed E-state index contributed by atoms with van der Waals surface area (Å²) in [6.07, 6.45) is 0.665. The van der Waals surface area contributed by atoms with Crippen LogP contribution in [0.15, 0.2) is 27.4 Å². The monoisotopic (exact) mass is 269 g/mol. The van der Waals surface area contributed by atoms with Gasteiger partial charge in [-0.1, -0.05) is 35.2 Å². The van der Waals surface area contributed by atoms with E-state index in [0.29, 0.717) is 17.9 Å². The van der Waals surface area contributed by atoms with Gasteiger partial charge >= 0.3 is 0 Å². The van der Waals surface area contributed by atoms with Crippen LogP contribution in [0.1, 0.15) is 10.6 Å². The van der Waals surface area contributed by atoms with E-state index in [1.54, 1.807) is 6.07 Å². The normalized spacial score (nSPS) is 10.8. The number of hydrogen-bond donors (Lipinski definition) is 1. The van der Waals surface area contributed by atoms with Gasteiger partial charge in [0.05, 0.1) is 4.90 Å². The smallest absolute Gasteiger partial charge is 0.179 e. The van der Waals surface area contributed by atoms with E-state index in [0.717, 1.165) is 14.9 Å². The molecule has 2 aromatic rings. The van der Waals surface area contributed by atoms with E-state index in [-0.39, 0.29) is 5.82 Å². The topological polar surface area (TPSA) is 51.8 Å². The number of halogens is 1. The highest BCUT2D eigenvalue weighted by atomic mass is 32.2. The molecule has 3 nitrogen and oxygen atoms in total. The molecule has 0 bridgehead atoms. The van der Waals surface area contributed by atoms with E-state index >= 15 is 0 Å². The van der Waals surface area contributed by atoms with Crippen molar-refractivity contribution in [1.29, 1.82) is 0 Å². The van der Waals surface area contributed by atoms with Crippen LogP contribution in [-0.4, -0.2) is 16.7 Å². The van der Waals surface area contributed by atoms with Crippen molar-refractivity contribution in [1.82, 2.24) is 10.2 Å². The highest BCUT2D eigenvalue weighted by Crippen LogP contribution is 2.34. The number of benzene rings is 1. The van der Waals surface area contributed by atoms with E-state index in [4.69, 9.17) is 5.73 Å². The largest absolute Gasteiger partial charge is 0.330 e. The van der Waals surface area contributed by atoms with Crippen LogP contribution in [0.2, 0.25) is 0 Å². The van der Waals surface area contributed by atoms with E-state index in [9.17, 15) is 4.39 Å². The van der Waals surface area contributed by atoms with Crippen molar-refractivity contribution in [3.63, 3.8) is 0 Å². The van der Waals surface area contributed by atoms with Gasteiger partial charge in [0, 0.05) is 0 Å². The summed E-state index contributed by atoms with van der Waals surface area (Å²) in [6, 6.07) is 5.05. The minimum Gasteiger partial charge on any atom is -0.330 e. The molecule has 0 amide bonds. The van der Waals surface area contributed by atoms with Gasteiger partial charge in [0.1, 0.15) is 10.8 Å². The molecule has 0 aliphatic heterocycles. The van der Waals surface area contributed by atoms with Crippen LogP contribution in [-0.2, 0) is 6.42 Å². The first kappa shape index (κ1) is 12.5. The molecule has 90 valence electrons. The first-order chi connectivity index (χ1) is 8.20. The number of nitrogens with zero attached hydrogens (tertiary/aromatic N) is 2. The molecule has 0 saturated heterocycles. The van der Waals surface area contributed by atoms with Crippen molar-refractivity contribution in [3.05, 3.63) is 34.6 Å². The average Bonchev–Trinajstić information content (AvgIpc) is 2.70. The fourth-order valence-electron chi connectivity index (χ4n) is 1.43. The van der Waals surface area contributed by atoms with Gasteiger partial charge in [-0.05, 0) is 31.5 Å². The third-order valence-corrected chi connectivity index (χ3v) is 4.21. The summed E-state index contributed by atoms with van der Waals surface area (Å²) >= 11 is 2.78. The lowest BCUT2D eigenvalue weighted by Crippen LogP contribution is -2.04. The number of hydrogen-bond acceptors (Lipinski definition) is 5. The zero-order chi connectivity index (χ0) is 12.3. The van der Waals surface area contributed by atoms with Gasteiger partial charge in [-0.3, -0.25) is 0 Å². The lowest BCUT2D eigenvalue weighted by Gasteiger charge is -2.07. The molecule has 0 unspecified atom stereocenters. The van der Waals surface area contributed by atoms with Crippen molar-refractivity contribution in [2.45, 2.75) is 22.6 Å². The second-order valence-corrected chi connectivity index (χ2v) is 5.89. The summed E-state index contributed by atoms with van der Waals surface area (Å²) in [4.78, 5) is 0.606. The Bertz CT molecular complexity index is 513. The van der Waals surface area contributed by atoms with Crippen LogP contribution in [0, 0.1) is 12.7 Å². The number of aryl methyl sites for hydroxylation is 1. The Hall–Kier alpha value is -0.980. The number of rotatable bonds is 4. The predicted molar refractivity (Wildman–Crippen MR) is 67.9 cm³/mol. The zero-order valence-corrected chi connectivity index (χ0v) is 10.9. The third-order valence-electron chi connectivity index (χ3n) is 2.16. The molecule has 0 radical (unpaired) electrons. The first-order valence-electron chi connectivity index (χ1n) is 5.16. The van der Waals surface area contributed by atoms with Gasteiger partial charge in [-0.15, -0.1) is 10.2 Å². The summed E-state index contributed by atoms with van der Waals surface area (Å²) in [5.41, 5.74) is 6.44. The Morgan fingerprint density at radius 3 is 2.88 bits per heavy atom. The van der Waals surface area contributed by atoms with E-state index < -0.39 is 0 Å². The maximum Gasteiger partial charge on any atom is 0.179 e. The van der Waals surface area contributed by atoms with E-state index in [1.165, 1.54) is 29.2 Å². The van der Waals surface area contributed by atoms with Crippen LogP contribution in [0.4, 0.5) is 4.39 Å². The van der Waals surface area contributed by atoms with E-state index in [2.05, 4.69) is 10.2 Å². The Morgan fingerprint density at radius 1 is 1.41 bits per heavy atom. The van der Waals surface area contributed by atoms with Crippen LogP contribution in [0.3, 0.4) is 0 Å². The molecule has 1 heterocycles. The van der Waals surface area contributed by atoms with Crippen molar-refractivity contribution in [3.8, 4) is 0 Å². The van der Waals surface area contributed by atoms with E-state index in [1.807, 2.05) is 13.0 Å². The van der Waals surface area contributed by atoms with Gasteiger partial charge in [0.2, 0.25) is 0 Å². The predicted octanol–water partition coefficient (Wildman–Crippen LogP) is 2.64. The molecule has 0 fully saturated rings. The van der Waals surface area contributed by atoms with Crippen LogP contribution < -0.4 is 5.73 Å². The first-order valence-corrected chi connectivity index (χ1v) is 6.79. The fourth-order valence-corrected chi connectivity index (χ4v) is 3.34. The fraction of sp³-hybridized carbons (Fsp3) is 0.273. The molecule has 17 heavy (non-hydrogen) atoms. The lowest BCUT2D eigenvalue weighted by atomic mass is 10.1. The highest BCUT2D eigenvalue weighted by Gasteiger charge is 2.12. The molecular formula is C11H12FN3S2.